The molecule has 1 amide bonds. The van der Waals surface area contributed by atoms with Crippen LogP contribution in [0.2, 0.25) is 0 Å². The fraction of sp³-hybridized carbons (Fsp3) is 0.364. The SMILES string of the molecule is O=C(NCC(O)OCCO)c1c[c]ccc1. The molecule has 0 aromatic heterocycles. The maximum absolute atomic E-state index is 11.5. The van der Waals surface area contributed by atoms with Crippen LogP contribution in [0, 0.1) is 6.07 Å². The zero-order valence-corrected chi connectivity index (χ0v) is 8.72. The maximum atomic E-state index is 11.5. The van der Waals surface area contributed by atoms with Gasteiger partial charge in [0.05, 0.1) is 19.8 Å². The standard InChI is InChI=1S/C11H14NO4/c13-6-7-16-10(14)8-12-11(15)9-4-2-1-3-5-9/h1-2,4-5,10,13-14H,6-8H2,(H,12,15). The van der Waals surface area contributed by atoms with E-state index in [4.69, 9.17) is 9.84 Å². The number of carbonyl (C=O) groups excluding carboxylic acids is 1. The Balaban J connectivity index is 2.30. The third-order valence-electron chi connectivity index (χ3n) is 1.81. The molecular formula is C11H14NO4. The van der Waals surface area contributed by atoms with Gasteiger partial charge >= 0.3 is 0 Å². The third-order valence-corrected chi connectivity index (χ3v) is 1.81. The monoisotopic (exact) mass is 224 g/mol. The highest BCUT2D eigenvalue weighted by molar-refractivity contribution is 5.94. The molecule has 0 saturated carbocycles. The molecule has 5 nitrogen and oxygen atoms in total. The third kappa shape index (κ3) is 4.39. The lowest BCUT2D eigenvalue weighted by atomic mass is 10.2. The minimum atomic E-state index is -1.11. The molecule has 16 heavy (non-hydrogen) atoms. The average Bonchev–Trinajstić information content (AvgIpc) is 2.34. The van der Waals surface area contributed by atoms with Crippen LogP contribution in [0.4, 0.5) is 0 Å². The predicted octanol–water partition coefficient (Wildman–Crippen LogP) is -0.456. The van der Waals surface area contributed by atoms with Gasteiger partial charge in [-0.25, -0.2) is 0 Å². The Morgan fingerprint density at radius 2 is 2.44 bits per heavy atom. The van der Waals surface area contributed by atoms with E-state index in [9.17, 15) is 9.90 Å². The normalized spacial score (nSPS) is 12.1. The zero-order chi connectivity index (χ0) is 11.8. The number of aliphatic hydroxyl groups is 2. The first-order valence-corrected chi connectivity index (χ1v) is 4.89. The molecule has 0 aliphatic rings. The second-order valence-corrected chi connectivity index (χ2v) is 3.05. The van der Waals surface area contributed by atoms with Crippen molar-refractivity contribution in [1.82, 2.24) is 5.32 Å². The summed E-state index contributed by atoms with van der Waals surface area (Å²) >= 11 is 0. The van der Waals surface area contributed by atoms with Gasteiger partial charge in [0.1, 0.15) is 0 Å². The van der Waals surface area contributed by atoms with E-state index >= 15 is 0 Å². The second kappa shape index (κ2) is 6.95. The summed E-state index contributed by atoms with van der Waals surface area (Å²) in [5, 5.41) is 20.2. The largest absolute Gasteiger partial charge is 0.394 e. The number of ether oxygens (including phenoxy) is 1. The van der Waals surface area contributed by atoms with Crippen molar-refractivity contribution >= 4 is 5.91 Å². The Labute approximate surface area is 93.7 Å². The summed E-state index contributed by atoms with van der Waals surface area (Å²) in [6, 6.07) is 9.37. The summed E-state index contributed by atoms with van der Waals surface area (Å²) in [4.78, 5) is 11.5. The van der Waals surface area contributed by atoms with Crippen LogP contribution < -0.4 is 5.32 Å². The first-order chi connectivity index (χ1) is 7.74. The number of rotatable bonds is 6. The molecule has 0 saturated heterocycles. The molecule has 3 N–H and O–H groups in total. The van der Waals surface area contributed by atoms with E-state index in [2.05, 4.69) is 11.4 Å². The highest BCUT2D eigenvalue weighted by atomic mass is 16.6. The summed E-state index contributed by atoms with van der Waals surface area (Å²) in [5.74, 6) is -0.302. The van der Waals surface area contributed by atoms with Gasteiger partial charge in [-0.3, -0.25) is 4.79 Å². The number of nitrogens with one attached hydrogen (secondary N) is 1. The van der Waals surface area contributed by atoms with Gasteiger partial charge in [0.2, 0.25) is 0 Å². The first-order valence-electron chi connectivity index (χ1n) is 4.89. The van der Waals surface area contributed by atoms with Crippen LogP contribution in [0.3, 0.4) is 0 Å². The van der Waals surface area contributed by atoms with E-state index < -0.39 is 6.29 Å². The topological polar surface area (TPSA) is 78.8 Å². The number of hydrogen-bond acceptors (Lipinski definition) is 4. The summed E-state index contributed by atoms with van der Waals surface area (Å²) in [7, 11) is 0. The maximum Gasteiger partial charge on any atom is 0.251 e. The van der Waals surface area contributed by atoms with Crippen molar-refractivity contribution in [1.29, 1.82) is 0 Å². The van der Waals surface area contributed by atoms with Crippen molar-refractivity contribution in [3.05, 3.63) is 35.9 Å². The number of benzene rings is 1. The van der Waals surface area contributed by atoms with Crippen LogP contribution in [0.25, 0.3) is 0 Å². The van der Waals surface area contributed by atoms with Crippen LogP contribution in [-0.2, 0) is 4.74 Å². The minimum Gasteiger partial charge on any atom is -0.394 e. The number of hydrogen-bond donors (Lipinski definition) is 3. The number of carbonyl (C=O) groups is 1. The summed E-state index contributed by atoms with van der Waals surface area (Å²) in [6.07, 6.45) is -1.11. The Hall–Kier alpha value is -1.43. The smallest absolute Gasteiger partial charge is 0.251 e. The molecule has 0 bridgehead atoms. The molecule has 0 spiro atoms. The molecule has 1 unspecified atom stereocenters. The Morgan fingerprint density at radius 1 is 1.62 bits per heavy atom. The zero-order valence-electron chi connectivity index (χ0n) is 8.72. The molecule has 0 aliphatic carbocycles. The Bertz CT molecular complexity index is 315. The van der Waals surface area contributed by atoms with Crippen LogP contribution in [0.1, 0.15) is 10.4 Å². The molecule has 1 atom stereocenters. The quantitative estimate of drug-likeness (QED) is 0.571. The summed E-state index contributed by atoms with van der Waals surface area (Å²) in [5.41, 5.74) is 0.469. The van der Waals surface area contributed by atoms with Gasteiger partial charge in [0.25, 0.3) is 5.91 Å². The van der Waals surface area contributed by atoms with E-state index in [0.717, 1.165) is 0 Å². The van der Waals surface area contributed by atoms with Crippen molar-refractivity contribution in [2.75, 3.05) is 19.8 Å². The lowest BCUT2D eigenvalue weighted by Crippen LogP contribution is -2.34. The lowest BCUT2D eigenvalue weighted by molar-refractivity contribution is -0.102. The average molecular weight is 224 g/mol. The Morgan fingerprint density at radius 3 is 3.06 bits per heavy atom. The molecule has 1 aromatic rings. The fourth-order valence-corrected chi connectivity index (χ4v) is 1.06. The van der Waals surface area contributed by atoms with Gasteiger partial charge in [-0.05, 0) is 18.2 Å². The molecule has 1 rings (SSSR count). The van der Waals surface area contributed by atoms with E-state index in [1.54, 1.807) is 24.3 Å². The molecule has 0 aliphatic heterocycles. The first kappa shape index (κ1) is 12.6. The second-order valence-electron chi connectivity index (χ2n) is 3.05. The molecule has 87 valence electrons. The van der Waals surface area contributed by atoms with Gasteiger partial charge in [-0.1, -0.05) is 12.1 Å². The minimum absolute atomic E-state index is 0.0201. The molecule has 1 aromatic carbocycles. The van der Waals surface area contributed by atoms with Crippen LogP contribution in [0.5, 0.6) is 0 Å². The molecule has 1 radical (unpaired) electrons. The van der Waals surface area contributed by atoms with Crippen molar-refractivity contribution in [2.45, 2.75) is 6.29 Å². The molecule has 5 heteroatoms. The van der Waals surface area contributed by atoms with Crippen molar-refractivity contribution in [3.63, 3.8) is 0 Å². The van der Waals surface area contributed by atoms with Gasteiger partial charge in [-0.2, -0.15) is 0 Å². The number of aliphatic hydroxyl groups excluding tert-OH is 2. The summed E-state index contributed by atoms with van der Waals surface area (Å²) in [6.45, 7) is -0.150. The summed E-state index contributed by atoms with van der Waals surface area (Å²) < 4.78 is 4.76. The van der Waals surface area contributed by atoms with Gasteiger partial charge < -0.3 is 20.3 Å². The Kier molecular flexibility index (Phi) is 5.49. The van der Waals surface area contributed by atoms with E-state index in [1.807, 2.05) is 0 Å². The van der Waals surface area contributed by atoms with Crippen LogP contribution >= 0.6 is 0 Å². The van der Waals surface area contributed by atoms with E-state index in [1.165, 1.54) is 0 Å². The van der Waals surface area contributed by atoms with E-state index in [-0.39, 0.29) is 25.7 Å². The van der Waals surface area contributed by atoms with Crippen molar-refractivity contribution < 1.29 is 19.7 Å². The van der Waals surface area contributed by atoms with Gasteiger partial charge in [-0.15, -0.1) is 0 Å². The van der Waals surface area contributed by atoms with Gasteiger partial charge in [0.15, 0.2) is 6.29 Å². The van der Waals surface area contributed by atoms with Gasteiger partial charge in [0, 0.05) is 5.56 Å². The van der Waals surface area contributed by atoms with Crippen molar-refractivity contribution in [3.8, 4) is 0 Å². The highest BCUT2D eigenvalue weighted by Gasteiger charge is 2.08. The lowest BCUT2D eigenvalue weighted by Gasteiger charge is -2.11. The molecule has 0 heterocycles. The molecule has 0 fully saturated rings. The van der Waals surface area contributed by atoms with E-state index in [0.29, 0.717) is 5.56 Å². The van der Waals surface area contributed by atoms with Crippen LogP contribution in [-0.4, -0.2) is 42.2 Å². The predicted molar refractivity (Wildman–Crippen MR) is 56.7 cm³/mol. The van der Waals surface area contributed by atoms with Crippen LogP contribution in [0.15, 0.2) is 24.3 Å². The number of amides is 1. The molecular weight excluding hydrogens is 210 g/mol. The fourth-order valence-electron chi connectivity index (χ4n) is 1.06. The van der Waals surface area contributed by atoms with Crippen molar-refractivity contribution in [2.24, 2.45) is 0 Å². The highest BCUT2D eigenvalue weighted by Crippen LogP contribution is 1.97.